The summed E-state index contributed by atoms with van der Waals surface area (Å²) in [4.78, 5) is 12.7. The summed E-state index contributed by atoms with van der Waals surface area (Å²) in [5, 5.41) is 15.0. The zero-order valence-electron chi connectivity index (χ0n) is 15.1. The largest absolute Gasteiger partial charge is 0.495 e. The quantitative estimate of drug-likeness (QED) is 0.489. The minimum absolute atomic E-state index is 0.0352. The highest BCUT2D eigenvalue weighted by atomic mass is 32.1. The number of hydrogen-bond acceptors (Lipinski definition) is 5. The molecular formula is C19H19N3O4S. The van der Waals surface area contributed by atoms with Gasteiger partial charge in [-0.25, -0.2) is 0 Å². The number of para-hydroxylation sites is 2. The van der Waals surface area contributed by atoms with Crippen molar-refractivity contribution in [2.45, 2.75) is 25.6 Å². The predicted molar refractivity (Wildman–Crippen MR) is 105 cm³/mol. The molecule has 0 radical (unpaired) electrons. The van der Waals surface area contributed by atoms with Crippen LogP contribution in [0.2, 0.25) is 0 Å². The molecule has 2 aliphatic rings. The molecule has 140 valence electrons. The van der Waals surface area contributed by atoms with Crippen LogP contribution in [0.4, 0.5) is 11.4 Å². The number of fused-ring (bicyclic) bond motifs is 4. The Morgan fingerprint density at radius 3 is 2.78 bits per heavy atom. The van der Waals surface area contributed by atoms with Gasteiger partial charge in [-0.3, -0.25) is 15.0 Å². The fourth-order valence-corrected chi connectivity index (χ4v) is 4.30. The molecule has 8 heteroatoms. The predicted octanol–water partition coefficient (Wildman–Crippen LogP) is 3.78. The van der Waals surface area contributed by atoms with Crippen LogP contribution < -0.4 is 19.7 Å². The van der Waals surface area contributed by atoms with Gasteiger partial charge in [0.25, 0.3) is 5.69 Å². The molecule has 1 saturated heterocycles. The first kappa shape index (κ1) is 17.5. The van der Waals surface area contributed by atoms with Crippen molar-refractivity contribution in [3.63, 3.8) is 0 Å². The highest BCUT2D eigenvalue weighted by molar-refractivity contribution is 7.80. The minimum Gasteiger partial charge on any atom is -0.495 e. The minimum atomic E-state index is -0.773. The van der Waals surface area contributed by atoms with E-state index in [-0.39, 0.29) is 17.6 Å². The first-order valence-corrected chi connectivity index (χ1v) is 8.98. The van der Waals surface area contributed by atoms with Gasteiger partial charge < -0.3 is 14.8 Å². The Kier molecular flexibility index (Phi) is 3.96. The first-order valence-electron chi connectivity index (χ1n) is 8.58. The maximum atomic E-state index is 11.2. The molecule has 2 bridgehead atoms. The third-order valence-corrected chi connectivity index (χ3v) is 5.75. The fourth-order valence-electron chi connectivity index (χ4n) is 3.89. The summed E-state index contributed by atoms with van der Waals surface area (Å²) in [7, 11) is 1.62. The molecule has 4 rings (SSSR count). The van der Waals surface area contributed by atoms with Crippen LogP contribution in [-0.4, -0.2) is 22.9 Å². The molecule has 0 amide bonds. The van der Waals surface area contributed by atoms with Crippen LogP contribution in [0.3, 0.4) is 0 Å². The lowest BCUT2D eigenvalue weighted by molar-refractivity contribution is -0.385. The van der Waals surface area contributed by atoms with Gasteiger partial charge in [0.2, 0.25) is 0 Å². The molecule has 3 atom stereocenters. The van der Waals surface area contributed by atoms with Crippen molar-refractivity contribution in [1.29, 1.82) is 0 Å². The third kappa shape index (κ3) is 2.51. The zero-order valence-corrected chi connectivity index (χ0v) is 15.9. The van der Waals surface area contributed by atoms with Gasteiger partial charge in [0.15, 0.2) is 10.8 Å². The summed E-state index contributed by atoms with van der Waals surface area (Å²) in [5.41, 5.74) is 0.810. The summed E-state index contributed by atoms with van der Waals surface area (Å²) in [5.74, 6) is 1.26. The van der Waals surface area contributed by atoms with Crippen LogP contribution in [0.15, 0.2) is 42.5 Å². The second kappa shape index (κ2) is 6.09. The Hall–Kier alpha value is -2.87. The van der Waals surface area contributed by atoms with Gasteiger partial charge in [-0.15, -0.1) is 0 Å². The molecule has 0 saturated carbocycles. The number of benzene rings is 2. The molecular weight excluding hydrogens is 366 g/mol. The number of methoxy groups -OCH3 is 1. The van der Waals surface area contributed by atoms with Gasteiger partial charge >= 0.3 is 0 Å². The van der Waals surface area contributed by atoms with Gasteiger partial charge in [0.05, 0.1) is 23.8 Å². The maximum absolute atomic E-state index is 11.2. The van der Waals surface area contributed by atoms with E-state index in [1.54, 1.807) is 19.2 Å². The number of rotatable bonds is 3. The van der Waals surface area contributed by atoms with Crippen LogP contribution in [0.5, 0.6) is 11.5 Å². The Labute approximate surface area is 162 Å². The van der Waals surface area contributed by atoms with E-state index >= 15 is 0 Å². The smallest absolute Gasteiger partial charge is 0.270 e. The van der Waals surface area contributed by atoms with Crippen molar-refractivity contribution in [3.8, 4) is 11.5 Å². The monoisotopic (exact) mass is 385 g/mol. The standard InChI is InChI=1S/C19H19N3O4S/c1-11-17-13-10-12(22(23)24)8-9-15(13)26-19(11,2)21(18(27)20-17)14-6-4-5-7-16(14)25-3/h4-11,17H,1-3H3,(H,20,27)/t11-,17+,19-/m0/s1. The highest BCUT2D eigenvalue weighted by Crippen LogP contribution is 2.50. The van der Waals surface area contributed by atoms with E-state index in [0.717, 1.165) is 11.3 Å². The van der Waals surface area contributed by atoms with Crippen molar-refractivity contribution in [3.05, 3.63) is 58.1 Å². The summed E-state index contributed by atoms with van der Waals surface area (Å²) in [6, 6.07) is 12.1. The molecule has 27 heavy (non-hydrogen) atoms. The molecule has 7 nitrogen and oxygen atoms in total. The van der Waals surface area contributed by atoms with Gasteiger partial charge in [-0.2, -0.15) is 0 Å². The average molecular weight is 385 g/mol. The lowest BCUT2D eigenvalue weighted by atomic mass is 9.80. The zero-order chi connectivity index (χ0) is 19.3. The van der Waals surface area contributed by atoms with E-state index in [0.29, 0.717) is 16.6 Å². The van der Waals surface area contributed by atoms with Crippen LogP contribution in [0, 0.1) is 16.0 Å². The van der Waals surface area contributed by atoms with Gasteiger partial charge in [0, 0.05) is 23.6 Å². The van der Waals surface area contributed by atoms with Crippen molar-refractivity contribution in [2.75, 3.05) is 12.0 Å². The number of thiocarbonyl (C=S) groups is 1. The Morgan fingerprint density at radius 2 is 2.07 bits per heavy atom. The normalized spacial score (nSPS) is 25.9. The number of ether oxygens (including phenoxy) is 2. The lowest BCUT2D eigenvalue weighted by Gasteiger charge is -2.56. The van der Waals surface area contributed by atoms with E-state index in [2.05, 4.69) is 5.32 Å². The van der Waals surface area contributed by atoms with Gasteiger partial charge in [-0.05, 0) is 37.3 Å². The molecule has 2 aromatic carbocycles. The number of non-ortho nitro benzene ring substituents is 1. The summed E-state index contributed by atoms with van der Waals surface area (Å²) in [6.45, 7) is 4.03. The number of nitrogens with one attached hydrogen (secondary N) is 1. The molecule has 0 spiro atoms. The maximum Gasteiger partial charge on any atom is 0.270 e. The van der Waals surface area contributed by atoms with Gasteiger partial charge in [0.1, 0.15) is 11.5 Å². The Balaban J connectivity index is 1.85. The average Bonchev–Trinajstić information content (AvgIpc) is 2.64. The number of nitro groups is 1. The van der Waals surface area contributed by atoms with Crippen molar-refractivity contribution in [2.24, 2.45) is 5.92 Å². The second-order valence-corrected chi connectivity index (χ2v) is 7.25. The Morgan fingerprint density at radius 1 is 1.33 bits per heavy atom. The van der Waals surface area contributed by atoms with E-state index in [9.17, 15) is 10.1 Å². The number of hydrogen-bond donors (Lipinski definition) is 1. The molecule has 2 heterocycles. The number of nitro benzene ring substituents is 1. The van der Waals surface area contributed by atoms with Crippen LogP contribution >= 0.6 is 12.2 Å². The summed E-state index contributed by atoms with van der Waals surface area (Å²) >= 11 is 5.65. The van der Waals surface area contributed by atoms with Crippen LogP contribution in [0.25, 0.3) is 0 Å². The summed E-state index contributed by atoms with van der Waals surface area (Å²) < 4.78 is 11.9. The highest BCUT2D eigenvalue weighted by Gasteiger charge is 2.54. The summed E-state index contributed by atoms with van der Waals surface area (Å²) in [6.07, 6.45) is 0. The molecule has 1 N–H and O–H groups in total. The van der Waals surface area contributed by atoms with Crippen LogP contribution in [0.1, 0.15) is 25.5 Å². The molecule has 1 fully saturated rings. The Bertz CT molecular complexity index is 950. The third-order valence-electron chi connectivity index (χ3n) is 5.45. The number of anilines is 1. The molecule has 0 aromatic heterocycles. The molecule has 0 aliphatic carbocycles. The molecule has 2 aromatic rings. The topological polar surface area (TPSA) is 76.9 Å². The fraction of sp³-hybridized carbons (Fsp3) is 0.316. The van der Waals surface area contributed by atoms with Crippen LogP contribution in [-0.2, 0) is 0 Å². The second-order valence-electron chi connectivity index (χ2n) is 6.86. The van der Waals surface area contributed by atoms with Gasteiger partial charge in [-0.1, -0.05) is 19.1 Å². The molecule has 0 unspecified atom stereocenters. The van der Waals surface area contributed by atoms with Crippen molar-refractivity contribution < 1.29 is 14.4 Å². The SMILES string of the molecule is COc1ccccc1N1C(=S)N[C@H]2c3cc([N+](=O)[O-])ccc3O[C@@]1(C)[C@H]2C. The lowest BCUT2D eigenvalue weighted by Crippen LogP contribution is -2.69. The number of nitrogens with zero attached hydrogens (tertiary/aromatic N) is 2. The van der Waals surface area contributed by atoms with E-state index < -0.39 is 10.6 Å². The van der Waals surface area contributed by atoms with Crippen molar-refractivity contribution in [1.82, 2.24) is 5.32 Å². The first-order chi connectivity index (χ1) is 12.9. The van der Waals surface area contributed by atoms with E-state index in [1.165, 1.54) is 6.07 Å². The molecule has 2 aliphatic heterocycles. The van der Waals surface area contributed by atoms with E-state index in [4.69, 9.17) is 21.7 Å². The van der Waals surface area contributed by atoms with Crippen molar-refractivity contribution >= 4 is 28.7 Å². The van der Waals surface area contributed by atoms with E-state index in [1.807, 2.05) is 43.0 Å².